The molecule has 0 aliphatic carbocycles. The summed E-state index contributed by atoms with van der Waals surface area (Å²) in [7, 11) is 0. The fraction of sp³-hybridized carbons (Fsp3) is 0.500. The number of rotatable bonds is 6. The van der Waals surface area contributed by atoms with Crippen molar-refractivity contribution in [3.05, 3.63) is 53.6 Å². The number of ether oxygens (including phenoxy) is 1. The van der Waals surface area contributed by atoms with Crippen molar-refractivity contribution in [1.82, 2.24) is 0 Å². The Hall–Kier alpha value is -1.50. The predicted molar refractivity (Wildman–Crippen MR) is 97.2 cm³/mol. The summed E-state index contributed by atoms with van der Waals surface area (Å²) in [5, 5.41) is 0. The van der Waals surface area contributed by atoms with E-state index in [4.69, 9.17) is 4.74 Å². The normalized spacial score (nSPS) is 10.3. The monoisotopic (exact) mass is 290 g/mol. The molecule has 0 saturated carbocycles. The summed E-state index contributed by atoms with van der Waals surface area (Å²) in [5.74, 6) is 0.939. The Morgan fingerprint density at radius 2 is 1.57 bits per heavy atom. The van der Waals surface area contributed by atoms with Gasteiger partial charge in [-0.2, -0.15) is 0 Å². The standard InChI is InChI=1S/C16H22O.2C2H6/c1-4-7-14(6-3)13-17-16-11-9-15(8-5-2)10-12-16;2*1-2/h4,6-7,9-12H,5,8,13H2,1-3H3;2*1-2H3/b7-4-,14-6+;;. The Balaban J connectivity index is 0. The average Bonchev–Trinajstić information content (AvgIpc) is 2.57. The van der Waals surface area contributed by atoms with Gasteiger partial charge in [0.2, 0.25) is 0 Å². The molecule has 0 unspecified atom stereocenters. The van der Waals surface area contributed by atoms with Gasteiger partial charge < -0.3 is 4.74 Å². The van der Waals surface area contributed by atoms with Crippen LogP contribution >= 0.6 is 0 Å². The van der Waals surface area contributed by atoms with E-state index >= 15 is 0 Å². The van der Waals surface area contributed by atoms with Crippen LogP contribution in [0.1, 0.15) is 60.5 Å². The van der Waals surface area contributed by atoms with E-state index in [0.717, 1.165) is 12.2 Å². The summed E-state index contributed by atoms with van der Waals surface area (Å²) in [6.07, 6.45) is 8.50. The summed E-state index contributed by atoms with van der Waals surface area (Å²) in [6, 6.07) is 8.38. The molecular weight excluding hydrogens is 256 g/mol. The van der Waals surface area contributed by atoms with E-state index in [1.807, 2.05) is 59.8 Å². The maximum Gasteiger partial charge on any atom is 0.119 e. The lowest BCUT2D eigenvalue weighted by atomic mass is 10.1. The third-order valence-corrected chi connectivity index (χ3v) is 2.62. The second kappa shape index (κ2) is 16.6. The van der Waals surface area contributed by atoms with E-state index in [0.29, 0.717) is 6.61 Å². The number of allylic oxidation sites excluding steroid dienone is 2. The first kappa shape index (κ1) is 21.8. The van der Waals surface area contributed by atoms with Crippen LogP contribution in [0.2, 0.25) is 0 Å². The Kier molecular flexibility index (Phi) is 17.2. The molecule has 1 aromatic rings. The van der Waals surface area contributed by atoms with Gasteiger partial charge in [0.05, 0.1) is 0 Å². The minimum Gasteiger partial charge on any atom is -0.489 e. The fourth-order valence-corrected chi connectivity index (χ4v) is 1.65. The molecule has 1 rings (SSSR count). The van der Waals surface area contributed by atoms with Crippen molar-refractivity contribution in [2.24, 2.45) is 0 Å². The maximum atomic E-state index is 5.73. The molecule has 21 heavy (non-hydrogen) atoms. The Morgan fingerprint density at radius 3 is 2.00 bits per heavy atom. The molecule has 1 aromatic carbocycles. The highest BCUT2D eigenvalue weighted by atomic mass is 16.5. The van der Waals surface area contributed by atoms with E-state index in [1.165, 1.54) is 17.6 Å². The van der Waals surface area contributed by atoms with E-state index in [9.17, 15) is 0 Å². The Morgan fingerprint density at radius 1 is 1.00 bits per heavy atom. The summed E-state index contributed by atoms with van der Waals surface area (Å²) in [6.45, 7) is 14.9. The van der Waals surface area contributed by atoms with Crippen molar-refractivity contribution in [2.75, 3.05) is 6.61 Å². The van der Waals surface area contributed by atoms with E-state index in [1.54, 1.807) is 0 Å². The molecule has 0 spiro atoms. The Bertz CT molecular complexity index is 371. The molecule has 0 radical (unpaired) electrons. The number of benzene rings is 1. The van der Waals surface area contributed by atoms with Gasteiger partial charge in [-0.05, 0) is 43.5 Å². The summed E-state index contributed by atoms with van der Waals surface area (Å²) in [5.41, 5.74) is 2.57. The van der Waals surface area contributed by atoms with Crippen LogP contribution in [0.3, 0.4) is 0 Å². The zero-order valence-corrected chi connectivity index (χ0v) is 15.1. The van der Waals surface area contributed by atoms with Gasteiger partial charge in [0, 0.05) is 0 Å². The van der Waals surface area contributed by atoms with Gasteiger partial charge in [-0.25, -0.2) is 0 Å². The highest BCUT2D eigenvalue weighted by Crippen LogP contribution is 2.14. The molecular formula is C20H34O. The highest BCUT2D eigenvalue weighted by molar-refractivity contribution is 5.28. The molecule has 0 fully saturated rings. The predicted octanol–water partition coefficient (Wildman–Crippen LogP) is 6.59. The van der Waals surface area contributed by atoms with Crippen molar-refractivity contribution in [1.29, 1.82) is 0 Å². The Labute approximate surface area is 132 Å². The van der Waals surface area contributed by atoms with Gasteiger partial charge in [0.1, 0.15) is 12.4 Å². The van der Waals surface area contributed by atoms with Crippen LogP contribution in [0.4, 0.5) is 0 Å². The minimum atomic E-state index is 0.633. The van der Waals surface area contributed by atoms with Gasteiger partial charge in [-0.3, -0.25) is 0 Å². The van der Waals surface area contributed by atoms with Crippen molar-refractivity contribution < 1.29 is 4.74 Å². The average molecular weight is 290 g/mol. The lowest BCUT2D eigenvalue weighted by Gasteiger charge is -2.07. The third-order valence-electron chi connectivity index (χ3n) is 2.62. The summed E-state index contributed by atoms with van der Waals surface area (Å²) < 4.78 is 5.73. The molecule has 0 N–H and O–H groups in total. The first-order chi connectivity index (χ1) is 10.3. The summed E-state index contributed by atoms with van der Waals surface area (Å²) in [4.78, 5) is 0. The first-order valence-corrected chi connectivity index (χ1v) is 8.29. The van der Waals surface area contributed by atoms with E-state index < -0.39 is 0 Å². The summed E-state index contributed by atoms with van der Waals surface area (Å²) >= 11 is 0. The van der Waals surface area contributed by atoms with Crippen LogP contribution in [-0.4, -0.2) is 6.61 Å². The van der Waals surface area contributed by atoms with Crippen molar-refractivity contribution in [2.45, 2.75) is 61.3 Å². The molecule has 1 heteroatoms. The van der Waals surface area contributed by atoms with E-state index in [-0.39, 0.29) is 0 Å². The lowest BCUT2D eigenvalue weighted by Crippen LogP contribution is -1.99. The number of hydrogen-bond donors (Lipinski definition) is 0. The van der Waals surface area contributed by atoms with Crippen LogP contribution in [-0.2, 0) is 6.42 Å². The largest absolute Gasteiger partial charge is 0.489 e. The van der Waals surface area contributed by atoms with Gasteiger partial charge in [-0.1, -0.05) is 71.4 Å². The first-order valence-electron chi connectivity index (χ1n) is 8.29. The molecule has 1 nitrogen and oxygen atoms in total. The number of hydrogen-bond acceptors (Lipinski definition) is 1. The maximum absolute atomic E-state index is 5.73. The molecule has 0 aliphatic heterocycles. The van der Waals surface area contributed by atoms with Gasteiger partial charge in [-0.15, -0.1) is 0 Å². The topological polar surface area (TPSA) is 9.23 Å². The number of aryl methyl sites for hydroxylation is 1. The van der Waals surface area contributed by atoms with Crippen LogP contribution in [0.15, 0.2) is 48.1 Å². The highest BCUT2D eigenvalue weighted by Gasteiger charge is 1.96. The molecule has 0 heterocycles. The quantitative estimate of drug-likeness (QED) is 0.537. The van der Waals surface area contributed by atoms with Crippen LogP contribution in [0, 0.1) is 0 Å². The smallest absolute Gasteiger partial charge is 0.119 e. The second-order valence-corrected chi connectivity index (χ2v) is 4.05. The third kappa shape index (κ3) is 10.9. The van der Waals surface area contributed by atoms with E-state index in [2.05, 4.69) is 31.2 Å². The molecule has 0 bridgehead atoms. The zero-order valence-electron chi connectivity index (χ0n) is 15.1. The van der Waals surface area contributed by atoms with Gasteiger partial charge in [0.15, 0.2) is 0 Å². The molecule has 0 aromatic heterocycles. The molecule has 0 amide bonds. The van der Waals surface area contributed by atoms with Gasteiger partial charge in [0.25, 0.3) is 0 Å². The SMILES string of the molecule is C/C=C\C(=C/C)COc1ccc(CCC)cc1.CC.CC. The minimum absolute atomic E-state index is 0.633. The fourth-order valence-electron chi connectivity index (χ4n) is 1.65. The zero-order chi connectivity index (χ0) is 16.5. The van der Waals surface area contributed by atoms with Crippen LogP contribution < -0.4 is 4.74 Å². The molecule has 0 saturated heterocycles. The molecule has 0 aliphatic rings. The van der Waals surface area contributed by atoms with Gasteiger partial charge >= 0.3 is 0 Å². The second-order valence-electron chi connectivity index (χ2n) is 4.05. The van der Waals surface area contributed by atoms with Crippen molar-refractivity contribution in [3.63, 3.8) is 0 Å². The molecule has 120 valence electrons. The molecule has 0 atom stereocenters. The van der Waals surface area contributed by atoms with Crippen LogP contribution in [0.5, 0.6) is 5.75 Å². The van der Waals surface area contributed by atoms with Crippen molar-refractivity contribution >= 4 is 0 Å². The lowest BCUT2D eigenvalue weighted by molar-refractivity contribution is 0.355. The van der Waals surface area contributed by atoms with Crippen molar-refractivity contribution in [3.8, 4) is 5.75 Å². The van der Waals surface area contributed by atoms with Crippen LogP contribution in [0.25, 0.3) is 0 Å².